The lowest BCUT2D eigenvalue weighted by molar-refractivity contribution is 0.0719. The van der Waals surface area contributed by atoms with Gasteiger partial charge in [0.2, 0.25) is 0 Å². The van der Waals surface area contributed by atoms with Gasteiger partial charge in [0.15, 0.2) is 0 Å². The third-order valence-electron chi connectivity index (χ3n) is 4.31. The van der Waals surface area contributed by atoms with Crippen molar-refractivity contribution in [3.05, 3.63) is 29.6 Å². The summed E-state index contributed by atoms with van der Waals surface area (Å²) < 4.78 is 0. The van der Waals surface area contributed by atoms with Crippen molar-refractivity contribution >= 4 is 0 Å². The molecule has 2 rings (SSSR count). The summed E-state index contributed by atoms with van der Waals surface area (Å²) in [5.41, 5.74) is 2.00. The van der Waals surface area contributed by atoms with E-state index in [9.17, 15) is 5.11 Å². The first-order valence-corrected chi connectivity index (χ1v) is 7.31. The molecule has 1 saturated carbocycles. The van der Waals surface area contributed by atoms with Crippen LogP contribution in [0.2, 0.25) is 0 Å². The Hall–Kier alpha value is -0.890. The van der Waals surface area contributed by atoms with E-state index in [2.05, 4.69) is 11.9 Å². The Labute approximate surface area is 110 Å². The molecule has 0 spiro atoms. The lowest BCUT2D eigenvalue weighted by Crippen LogP contribution is -2.20. The Morgan fingerprint density at radius 3 is 2.56 bits per heavy atom. The molecule has 2 nitrogen and oxygen atoms in total. The van der Waals surface area contributed by atoms with Crippen molar-refractivity contribution in [3.8, 4) is 0 Å². The van der Waals surface area contributed by atoms with Crippen molar-refractivity contribution in [1.82, 2.24) is 4.98 Å². The predicted molar refractivity (Wildman–Crippen MR) is 74.3 cm³/mol. The topological polar surface area (TPSA) is 33.1 Å². The van der Waals surface area contributed by atoms with Crippen molar-refractivity contribution in [2.75, 3.05) is 0 Å². The summed E-state index contributed by atoms with van der Waals surface area (Å²) in [6, 6.07) is 4.01. The number of hydrogen-bond acceptors (Lipinski definition) is 2. The van der Waals surface area contributed by atoms with Crippen LogP contribution in [0, 0.1) is 18.8 Å². The molecule has 1 heterocycles. The van der Waals surface area contributed by atoms with Crippen molar-refractivity contribution in [2.24, 2.45) is 11.8 Å². The normalized spacial score (nSPS) is 25.9. The molecule has 1 fully saturated rings. The van der Waals surface area contributed by atoms with Crippen LogP contribution >= 0.6 is 0 Å². The van der Waals surface area contributed by atoms with Crippen LogP contribution in [0.3, 0.4) is 0 Å². The first-order chi connectivity index (χ1) is 8.70. The molecule has 1 atom stereocenters. The highest BCUT2D eigenvalue weighted by Crippen LogP contribution is 2.38. The average molecular weight is 247 g/mol. The van der Waals surface area contributed by atoms with Gasteiger partial charge in [-0.1, -0.05) is 38.7 Å². The number of aliphatic hydroxyl groups excluding tert-OH is 1. The third-order valence-corrected chi connectivity index (χ3v) is 4.31. The smallest absolute Gasteiger partial charge is 0.0833 e. The van der Waals surface area contributed by atoms with Crippen molar-refractivity contribution in [1.29, 1.82) is 0 Å². The first-order valence-electron chi connectivity index (χ1n) is 7.31. The molecule has 1 unspecified atom stereocenters. The fraction of sp³-hybridized carbons (Fsp3) is 0.688. The maximum absolute atomic E-state index is 10.4. The minimum atomic E-state index is -0.319. The minimum Gasteiger partial charge on any atom is -0.388 e. The van der Waals surface area contributed by atoms with Crippen LogP contribution in [0.1, 0.15) is 62.8 Å². The van der Waals surface area contributed by atoms with Gasteiger partial charge >= 0.3 is 0 Å². The van der Waals surface area contributed by atoms with E-state index in [1.807, 2.05) is 25.3 Å². The molecular formula is C16H25NO. The second kappa shape index (κ2) is 6.33. The standard InChI is InChI=1S/C16H25NO/c1-3-4-13-6-9-14(10-7-13)16(18)15-8-5-12(2)17-11-15/h5,8,11,13-14,16,18H,3-4,6-7,9-10H2,1-2H3. The largest absolute Gasteiger partial charge is 0.388 e. The quantitative estimate of drug-likeness (QED) is 0.871. The molecule has 1 aromatic rings. The summed E-state index contributed by atoms with van der Waals surface area (Å²) in [7, 11) is 0. The van der Waals surface area contributed by atoms with E-state index >= 15 is 0 Å². The highest BCUT2D eigenvalue weighted by atomic mass is 16.3. The third kappa shape index (κ3) is 3.32. The molecule has 0 aliphatic heterocycles. The average Bonchev–Trinajstić information content (AvgIpc) is 2.40. The van der Waals surface area contributed by atoms with E-state index < -0.39 is 0 Å². The maximum Gasteiger partial charge on any atom is 0.0833 e. The summed E-state index contributed by atoms with van der Waals surface area (Å²) in [4.78, 5) is 4.28. The van der Waals surface area contributed by atoms with Crippen molar-refractivity contribution < 1.29 is 5.11 Å². The molecule has 2 heteroatoms. The Morgan fingerprint density at radius 2 is 2.00 bits per heavy atom. The van der Waals surface area contributed by atoms with Gasteiger partial charge in [-0.2, -0.15) is 0 Å². The van der Waals surface area contributed by atoms with Crippen LogP contribution < -0.4 is 0 Å². The molecular weight excluding hydrogens is 222 g/mol. The highest BCUT2D eigenvalue weighted by Gasteiger charge is 2.26. The summed E-state index contributed by atoms with van der Waals surface area (Å²) in [5.74, 6) is 1.33. The summed E-state index contributed by atoms with van der Waals surface area (Å²) in [6.07, 6.45) is 9.07. The number of aliphatic hydroxyl groups is 1. The minimum absolute atomic E-state index is 0.319. The fourth-order valence-corrected chi connectivity index (χ4v) is 3.13. The number of nitrogens with zero attached hydrogens (tertiary/aromatic N) is 1. The van der Waals surface area contributed by atoms with Crippen LogP contribution in [0.4, 0.5) is 0 Å². The summed E-state index contributed by atoms with van der Waals surface area (Å²) in [6.45, 7) is 4.24. The molecule has 0 saturated heterocycles. The second-order valence-corrected chi connectivity index (χ2v) is 5.75. The van der Waals surface area contributed by atoms with E-state index in [4.69, 9.17) is 0 Å². The van der Waals surface area contributed by atoms with Gasteiger partial charge in [-0.25, -0.2) is 0 Å². The van der Waals surface area contributed by atoms with E-state index in [-0.39, 0.29) is 6.10 Å². The van der Waals surface area contributed by atoms with Crippen molar-refractivity contribution in [3.63, 3.8) is 0 Å². The van der Waals surface area contributed by atoms with E-state index in [0.29, 0.717) is 5.92 Å². The van der Waals surface area contributed by atoms with Gasteiger partial charge in [0.05, 0.1) is 6.10 Å². The molecule has 18 heavy (non-hydrogen) atoms. The molecule has 0 radical (unpaired) electrons. The Kier molecular flexibility index (Phi) is 4.76. The number of pyridine rings is 1. The van der Waals surface area contributed by atoms with Gasteiger partial charge in [-0.15, -0.1) is 0 Å². The zero-order valence-corrected chi connectivity index (χ0v) is 11.6. The van der Waals surface area contributed by atoms with Crippen LogP contribution in [-0.2, 0) is 0 Å². The molecule has 1 aliphatic rings. The summed E-state index contributed by atoms with van der Waals surface area (Å²) in [5, 5.41) is 10.4. The van der Waals surface area contributed by atoms with Crippen LogP contribution in [0.5, 0.6) is 0 Å². The number of aromatic nitrogens is 1. The Balaban J connectivity index is 1.91. The van der Waals surface area contributed by atoms with E-state index in [1.165, 1.54) is 38.5 Å². The van der Waals surface area contributed by atoms with Gasteiger partial charge in [-0.3, -0.25) is 4.98 Å². The predicted octanol–water partition coefficient (Wildman–Crippen LogP) is 4.03. The Morgan fingerprint density at radius 1 is 1.28 bits per heavy atom. The molecule has 0 aromatic carbocycles. The van der Waals surface area contributed by atoms with E-state index in [0.717, 1.165) is 17.2 Å². The second-order valence-electron chi connectivity index (χ2n) is 5.75. The molecule has 0 amide bonds. The monoisotopic (exact) mass is 247 g/mol. The van der Waals surface area contributed by atoms with Gasteiger partial charge in [0.25, 0.3) is 0 Å². The number of hydrogen-bond donors (Lipinski definition) is 1. The first kappa shape index (κ1) is 13.5. The van der Waals surface area contributed by atoms with Gasteiger partial charge in [0.1, 0.15) is 0 Å². The number of aryl methyl sites for hydroxylation is 1. The SMILES string of the molecule is CCCC1CCC(C(O)c2ccc(C)nc2)CC1. The van der Waals surface area contributed by atoms with Crippen LogP contribution in [0.25, 0.3) is 0 Å². The number of rotatable bonds is 4. The zero-order valence-electron chi connectivity index (χ0n) is 11.6. The molecule has 0 bridgehead atoms. The maximum atomic E-state index is 10.4. The zero-order chi connectivity index (χ0) is 13.0. The fourth-order valence-electron chi connectivity index (χ4n) is 3.13. The highest BCUT2D eigenvalue weighted by molar-refractivity contribution is 5.16. The lowest BCUT2D eigenvalue weighted by Gasteiger charge is -2.31. The lowest BCUT2D eigenvalue weighted by atomic mass is 9.76. The molecule has 1 aromatic heterocycles. The Bertz CT molecular complexity index is 352. The van der Waals surface area contributed by atoms with E-state index in [1.54, 1.807) is 0 Å². The van der Waals surface area contributed by atoms with Gasteiger partial charge < -0.3 is 5.11 Å². The van der Waals surface area contributed by atoms with Crippen LogP contribution in [-0.4, -0.2) is 10.1 Å². The van der Waals surface area contributed by atoms with Crippen molar-refractivity contribution in [2.45, 2.75) is 58.5 Å². The molecule has 100 valence electrons. The molecule has 1 N–H and O–H groups in total. The van der Waals surface area contributed by atoms with Gasteiger partial charge in [-0.05, 0) is 43.2 Å². The molecule has 1 aliphatic carbocycles. The van der Waals surface area contributed by atoms with Gasteiger partial charge in [0, 0.05) is 11.9 Å². The summed E-state index contributed by atoms with van der Waals surface area (Å²) >= 11 is 0. The van der Waals surface area contributed by atoms with Crippen LogP contribution in [0.15, 0.2) is 18.3 Å².